The molecule has 0 aliphatic carbocycles. The number of sulfonamides is 1. The van der Waals surface area contributed by atoms with E-state index < -0.39 is 16.1 Å². The lowest BCUT2D eigenvalue weighted by molar-refractivity contribution is 0.381. The highest BCUT2D eigenvalue weighted by atomic mass is 79.9. The van der Waals surface area contributed by atoms with Crippen molar-refractivity contribution in [2.24, 2.45) is 0 Å². The second-order valence-corrected chi connectivity index (χ2v) is 7.93. The first-order valence-electron chi connectivity index (χ1n) is 6.84. The zero-order chi connectivity index (χ0) is 17.2. The Hall–Kier alpha value is -1.44. The summed E-state index contributed by atoms with van der Waals surface area (Å²) in [5.74, 6) is -0.0912. The van der Waals surface area contributed by atoms with Gasteiger partial charge in [0.1, 0.15) is 16.5 Å². The maximum absolute atomic E-state index is 13.0. The number of nitrogens with zero attached hydrogens (tertiary/aromatic N) is 1. The molecule has 0 heterocycles. The van der Waals surface area contributed by atoms with Crippen molar-refractivity contribution in [3.8, 4) is 5.75 Å². The van der Waals surface area contributed by atoms with Crippen LogP contribution in [0, 0.1) is 5.82 Å². The van der Waals surface area contributed by atoms with E-state index in [4.69, 9.17) is 4.74 Å². The van der Waals surface area contributed by atoms with E-state index in [-0.39, 0.29) is 16.5 Å². The summed E-state index contributed by atoms with van der Waals surface area (Å²) in [6.45, 7) is 1.75. The molecule has 2 aromatic carbocycles. The molecule has 124 valence electrons. The summed E-state index contributed by atoms with van der Waals surface area (Å²) in [5.41, 5.74) is 0.700. The number of hydrogen-bond acceptors (Lipinski definition) is 3. The molecule has 2 aromatic rings. The predicted molar refractivity (Wildman–Crippen MR) is 90.5 cm³/mol. The van der Waals surface area contributed by atoms with Gasteiger partial charge in [-0.05, 0) is 42.8 Å². The maximum atomic E-state index is 13.0. The van der Waals surface area contributed by atoms with Crippen LogP contribution in [0.1, 0.15) is 18.5 Å². The van der Waals surface area contributed by atoms with Gasteiger partial charge in [-0.1, -0.05) is 28.1 Å². The highest BCUT2D eigenvalue weighted by molar-refractivity contribution is 9.10. The van der Waals surface area contributed by atoms with E-state index in [0.29, 0.717) is 10.0 Å². The summed E-state index contributed by atoms with van der Waals surface area (Å²) in [6.07, 6.45) is 0. The van der Waals surface area contributed by atoms with E-state index in [0.717, 1.165) is 0 Å². The smallest absolute Gasteiger partial charge is 0.247 e. The number of benzene rings is 2. The second kappa shape index (κ2) is 6.98. The first-order chi connectivity index (χ1) is 10.8. The number of halogens is 2. The Balaban J connectivity index is 2.42. The quantitative estimate of drug-likeness (QED) is 0.760. The van der Waals surface area contributed by atoms with Crippen molar-refractivity contribution in [3.63, 3.8) is 0 Å². The summed E-state index contributed by atoms with van der Waals surface area (Å²) in [5, 5.41) is 0. The zero-order valence-corrected chi connectivity index (χ0v) is 15.4. The molecule has 1 atom stereocenters. The molecule has 0 aromatic heterocycles. The van der Waals surface area contributed by atoms with Crippen molar-refractivity contribution in [1.29, 1.82) is 0 Å². The third-order valence-electron chi connectivity index (χ3n) is 3.68. The standard InChI is InChI=1S/C16H17BrFNO3S/c1-11(12-4-7-14(18)8-5-12)19(2)23(20,21)16-10-13(17)6-9-15(16)22-3/h4-11H,1-3H3. The highest BCUT2D eigenvalue weighted by Gasteiger charge is 2.29. The van der Waals surface area contributed by atoms with E-state index in [9.17, 15) is 12.8 Å². The molecule has 2 rings (SSSR count). The fraction of sp³-hybridized carbons (Fsp3) is 0.250. The van der Waals surface area contributed by atoms with E-state index in [1.54, 1.807) is 31.2 Å². The average Bonchev–Trinajstić information content (AvgIpc) is 2.54. The van der Waals surface area contributed by atoms with Gasteiger partial charge in [0.25, 0.3) is 0 Å². The zero-order valence-electron chi connectivity index (χ0n) is 13.0. The van der Waals surface area contributed by atoms with Crippen LogP contribution in [0.3, 0.4) is 0 Å². The second-order valence-electron chi connectivity index (χ2n) is 5.04. The van der Waals surface area contributed by atoms with Gasteiger partial charge in [0.15, 0.2) is 0 Å². The Bertz CT molecular complexity index is 793. The molecule has 0 aliphatic heterocycles. The van der Waals surface area contributed by atoms with Crippen molar-refractivity contribution in [2.45, 2.75) is 17.9 Å². The van der Waals surface area contributed by atoms with Gasteiger partial charge in [-0.15, -0.1) is 0 Å². The summed E-state index contributed by atoms with van der Waals surface area (Å²) in [7, 11) is -0.865. The number of rotatable bonds is 5. The molecule has 4 nitrogen and oxygen atoms in total. The van der Waals surface area contributed by atoms with Crippen molar-refractivity contribution < 1.29 is 17.5 Å². The van der Waals surface area contributed by atoms with E-state index in [1.807, 2.05) is 0 Å². The van der Waals surface area contributed by atoms with Crippen molar-refractivity contribution >= 4 is 26.0 Å². The maximum Gasteiger partial charge on any atom is 0.247 e. The van der Waals surface area contributed by atoms with Crippen LogP contribution >= 0.6 is 15.9 Å². The molecule has 0 aliphatic rings. The minimum absolute atomic E-state index is 0.0748. The molecule has 0 bridgehead atoms. The summed E-state index contributed by atoms with van der Waals surface area (Å²) in [4.78, 5) is 0.0748. The molecule has 0 saturated carbocycles. The summed E-state index contributed by atoms with van der Waals surface area (Å²) < 4.78 is 45.9. The number of hydrogen-bond donors (Lipinski definition) is 0. The topological polar surface area (TPSA) is 46.6 Å². The van der Waals surface area contributed by atoms with Crippen LogP contribution < -0.4 is 4.74 Å². The Labute approximate surface area is 144 Å². The van der Waals surface area contributed by atoms with E-state index in [2.05, 4.69) is 15.9 Å². The van der Waals surface area contributed by atoms with Gasteiger partial charge >= 0.3 is 0 Å². The van der Waals surface area contributed by atoms with Crippen LogP contribution in [0.25, 0.3) is 0 Å². The van der Waals surface area contributed by atoms with Gasteiger partial charge in [-0.2, -0.15) is 4.31 Å². The number of methoxy groups -OCH3 is 1. The molecule has 0 radical (unpaired) electrons. The van der Waals surface area contributed by atoms with Crippen LogP contribution in [0.2, 0.25) is 0 Å². The van der Waals surface area contributed by atoms with Crippen molar-refractivity contribution in [1.82, 2.24) is 4.31 Å². The predicted octanol–water partition coefficient (Wildman–Crippen LogP) is 3.98. The van der Waals surface area contributed by atoms with Crippen molar-refractivity contribution in [2.75, 3.05) is 14.2 Å². The van der Waals surface area contributed by atoms with Gasteiger partial charge < -0.3 is 4.74 Å². The Kier molecular flexibility index (Phi) is 5.44. The molecule has 23 heavy (non-hydrogen) atoms. The van der Waals surface area contributed by atoms with Crippen LogP contribution in [0.5, 0.6) is 5.75 Å². The Morgan fingerprint density at radius 1 is 1.17 bits per heavy atom. The average molecular weight is 402 g/mol. The number of ether oxygens (including phenoxy) is 1. The van der Waals surface area contributed by atoms with E-state index in [1.165, 1.54) is 36.7 Å². The molecular formula is C16H17BrFNO3S. The molecular weight excluding hydrogens is 385 g/mol. The third-order valence-corrected chi connectivity index (χ3v) is 6.12. The van der Waals surface area contributed by atoms with Crippen LogP contribution in [-0.4, -0.2) is 26.9 Å². The van der Waals surface area contributed by atoms with Gasteiger partial charge in [0.2, 0.25) is 10.0 Å². The van der Waals surface area contributed by atoms with E-state index >= 15 is 0 Å². The lowest BCUT2D eigenvalue weighted by Gasteiger charge is -2.25. The van der Waals surface area contributed by atoms with Gasteiger partial charge in [0, 0.05) is 17.6 Å². The van der Waals surface area contributed by atoms with Gasteiger partial charge in [-0.25, -0.2) is 12.8 Å². The van der Waals surface area contributed by atoms with Crippen molar-refractivity contribution in [3.05, 3.63) is 58.3 Å². The molecule has 1 unspecified atom stereocenters. The SMILES string of the molecule is COc1ccc(Br)cc1S(=O)(=O)N(C)C(C)c1ccc(F)cc1. The van der Waals surface area contributed by atoms with Gasteiger partial charge in [-0.3, -0.25) is 0 Å². The molecule has 0 N–H and O–H groups in total. The minimum Gasteiger partial charge on any atom is -0.495 e. The Morgan fingerprint density at radius 2 is 1.78 bits per heavy atom. The lowest BCUT2D eigenvalue weighted by Crippen LogP contribution is -2.30. The van der Waals surface area contributed by atoms with Crippen LogP contribution in [-0.2, 0) is 10.0 Å². The normalized spacial score (nSPS) is 13.1. The van der Waals surface area contributed by atoms with Crippen LogP contribution in [0.15, 0.2) is 51.8 Å². The summed E-state index contributed by atoms with van der Waals surface area (Å²) in [6, 6.07) is 10.1. The summed E-state index contributed by atoms with van der Waals surface area (Å²) >= 11 is 3.28. The van der Waals surface area contributed by atoms with Crippen LogP contribution in [0.4, 0.5) is 4.39 Å². The molecule has 0 fully saturated rings. The first-order valence-corrected chi connectivity index (χ1v) is 9.07. The largest absolute Gasteiger partial charge is 0.495 e. The third kappa shape index (κ3) is 3.73. The molecule has 7 heteroatoms. The monoisotopic (exact) mass is 401 g/mol. The fourth-order valence-electron chi connectivity index (χ4n) is 2.17. The fourth-order valence-corrected chi connectivity index (χ4v) is 4.21. The Morgan fingerprint density at radius 3 is 2.35 bits per heavy atom. The minimum atomic E-state index is -3.78. The molecule has 0 spiro atoms. The van der Waals surface area contributed by atoms with Gasteiger partial charge in [0.05, 0.1) is 7.11 Å². The molecule has 0 amide bonds. The highest BCUT2D eigenvalue weighted by Crippen LogP contribution is 2.32. The lowest BCUT2D eigenvalue weighted by atomic mass is 10.1. The molecule has 0 saturated heterocycles. The first kappa shape index (κ1) is 17.9.